The van der Waals surface area contributed by atoms with Gasteiger partial charge in [0.1, 0.15) is 0 Å². The lowest BCUT2D eigenvalue weighted by Gasteiger charge is -2.07. The maximum absolute atomic E-state index is 12.1. The van der Waals surface area contributed by atoms with E-state index in [1.165, 1.54) is 10.4 Å². The Hall–Kier alpha value is -2.65. The second-order valence-electron chi connectivity index (χ2n) is 5.40. The van der Waals surface area contributed by atoms with Gasteiger partial charge >= 0.3 is 0 Å². The molecule has 120 valence electrons. The highest BCUT2D eigenvalue weighted by Crippen LogP contribution is 2.28. The van der Waals surface area contributed by atoms with Gasteiger partial charge in [-0.1, -0.05) is 55.5 Å². The number of thiophene rings is 1. The van der Waals surface area contributed by atoms with Gasteiger partial charge in [0.25, 0.3) is 0 Å². The summed E-state index contributed by atoms with van der Waals surface area (Å²) in [5.74, 6) is -0.106. The van der Waals surface area contributed by atoms with E-state index in [4.69, 9.17) is 0 Å². The van der Waals surface area contributed by atoms with Crippen molar-refractivity contribution in [3.05, 3.63) is 83.2 Å². The van der Waals surface area contributed by atoms with Crippen molar-refractivity contribution >= 4 is 29.0 Å². The number of carbonyl (C=O) groups excluding carboxylic acids is 1. The van der Waals surface area contributed by atoms with Gasteiger partial charge in [0.15, 0.2) is 0 Å². The minimum absolute atomic E-state index is 0.106. The van der Waals surface area contributed by atoms with Gasteiger partial charge in [-0.25, -0.2) is 0 Å². The van der Waals surface area contributed by atoms with Crippen molar-refractivity contribution in [3.8, 4) is 10.4 Å². The molecule has 0 aliphatic heterocycles. The normalized spacial score (nSPS) is 10.9. The smallest absolute Gasteiger partial charge is 0.248 e. The van der Waals surface area contributed by atoms with Crippen molar-refractivity contribution in [2.45, 2.75) is 13.3 Å². The third-order valence-electron chi connectivity index (χ3n) is 3.74. The maximum Gasteiger partial charge on any atom is 0.248 e. The zero-order valence-corrected chi connectivity index (χ0v) is 14.3. The van der Waals surface area contributed by atoms with Crippen molar-refractivity contribution in [1.29, 1.82) is 0 Å². The standard InChI is InChI=1S/C21H19NOS/c1-2-16-8-6-7-11-19(16)22-21(23)15-13-18-12-14-20(24-18)17-9-4-3-5-10-17/h3-15H,2H2,1H3,(H,22,23)/b15-13+. The summed E-state index contributed by atoms with van der Waals surface area (Å²) >= 11 is 1.68. The Morgan fingerprint density at radius 1 is 1.00 bits per heavy atom. The van der Waals surface area contributed by atoms with Crippen LogP contribution in [-0.2, 0) is 11.2 Å². The predicted octanol–water partition coefficient (Wildman–Crippen LogP) is 5.63. The molecule has 24 heavy (non-hydrogen) atoms. The zero-order chi connectivity index (χ0) is 16.8. The number of anilines is 1. The van der Waals surface area contributed by atoms with Crippen molar-refractivity contribution in [3.63, 3.8) is 0 Å². The Morgan fingerprint density at radius 2 is 1.75 bits per heavy atom. The van der Waals surface area contributed by atoms with Crippen LogP contribution in [0.4, 0.5) is 5.69 Å². The summed E-state index contributed by atoms with van der Waals surface area (Å²) in [6, 6.07) is 22.3. The minimum Gasteiger partial charge on any atom is -0.322 e. The fraction of sp³-hybridized carbons (Fsp3) is 0.0952. The molecule has 3 heteroatoms. The number of carbonyl (C=O) groups is 1. The molecule has 1 N–H and O–H groups in total. The molecule has 0 spiro atoms. The number of rotatable bonds is 5. The van der Waals surface area contributed by atoms with Crippen LogP contribution in [0, 0.1) is 0 Å². The molecular weight excluding hydrogens is 314 g/mol. The topological polar surface area (TPSA) is 29.1 Å². The first-order valence-electron chi connectivity index (χ1n) is 7.98. The Balaban J connectivity index is 1.68. The number of hydrogen-bond acceptors (Lipinski definition) is 2. The monoisotopic (exact) mass is 333 g/mol. The summed E-state index contributed by atoms with van der Waals surface area (Å²) in [5, 5.41) is 2.95. The summed E-state index contributed by atoms with van der Waals surface area (Å²) in [5.41, 5.74) is 3.22. The van der Waals surface area contributed by atoms with Crippen LogP contribution in [0.15, 0.2) is 72.8 Å². The predicted molar refractivity (Wildman–Crippen MR) is 103 cm³/mol. The van der Waals surface area contributed by atoms with Gasteiger partial charge in [0.05, 0.1) is 0 Å². The quantitative estimate of drug-likeness (QED) is 0.602. The number of aryl methyl sites for hydroxylation is 1. The van der Waals surface area contributed by atoms with Crippen LogP contribution >= 0.6 is 11.3 Å². The second-order valence-corrected chi connectivity index (χ2v) is 6.52. The van der Waals surface area contributed by atoms with E-state index in [0.29, 0.717) is 0 Å². The van der Waals surface area contributed by atoms with Gasteiger partial charge in [-0.3, -0.25) is 4.79 Å². The van der Waals surface area contributed by atoms with Crippen molar-refractivity contribution < 1.29 is 4.79 Å². The average molecular weight is 333 g/mol. The Kier molecular flexibility index (Phi) is 5.24. The van der Waals surface area contributed by atoms with E-state index in [-0.39, 0.29) is 5.91 Å². The third kappa shape index (κ3) is 4.00. The van der Waals surface area contributed by atoms with Crippen LogP contribution in [-0.4, -0.2) is 5.91 Å². The van der Waals surface area contributed by atoms with E-state index < -0.39 is 0 Å². The van der Waals surface area contributed by atoms with Gasteiger partial charge in [-0.05, 0) is 41.8 Å². The fourth-order valence-corrected chi connectivity index (χ4v) is 3.40. The number of nitrogens with one attached hydrogen (secondary N) is 1. The summed E-state index contributed by atoms with van der Waals surface area (Å²) in [6.45, 7) is 2.08. The molecule has 1 aromatic heterocycles. The molecule has 0 radical (unpaired) electrons. The number of para-hydroxylation sites is 1. The molecule has 0 unspecified atom stereocenters. The SMILES string of the molecule is CCc1ccccc1NC(=O)/C=C/c1ccc(-c2ccccc2)s1. The van der Waals surface area contributed by atoms with Gasteiger partial charge in [-0.2, -0.15) is 0 Å². The van der Waals surface area contributed by atoms with Crippen LogP contribution in [0.25, 0.3) is 16.5 Å². The molecule has 3 aromatic rings. The van der Waals surface area contributed by atoms with E-state index in [1.54, 1.807) is 17.4 Å². The third-order valence-corrected chi connectivity index (χ3v) is 4.84. The van der Waals surface area contributed by atoms with Crippen molar-refractivity contribution in [1.82, 2.24) is 0 Å². The summed E-state index contributed by atoms with van der Waals surface area (Å²) in [6.07, 6.45) is 4.35. The van der Waals surface area contributed by atoms with Crippen LogP contribution < -0.4 is 5.32 Å². The van der Waals surface area contributed by atoms with Crippen molar-refractivity contribution in [2.75, 3.05) is 5.32 Å². The molecule has 0 aliphatic rings. The Morgan fingerprint density at radius 3 is 2.54 bits per heavy atom. The maximum atomic E-state index is 12.1. The molecule has 0 atom stereocenters. The summed E-state index contributed by atoms with van der Waals surface area (Å²) in [4.78, 5) is 14.4. The highest BCUT2D eigenvalue weighted by molar-refractivity contribution is 7.16. The van der Waals surface area contributed by atoms with Gasteiger partial charge in [-0.15, -0.1) is 11.3 Å². The van der Waals surface area contributed by atoms with Crippen LogP contribution in [0.5, 0.6) is 0 Å². The molecule has 1 heterocycles. The Bertz CT molecular complexity index is 849. The molecule has 1 amide bonds. The fourth-order valence-electron chi connectivity index (χ4n) is 2.48. The van der Waals surface area contributed by atoms with E-state index in [9.17, 15) is 4.79 Å². The molecule has 0 saturated carbocycles. The van der Waals surface area contributed by atoms with E-state index in [0.717, 1.165) is 22.5 Å². The van der Waals surface area contributed by atoms with Gasteiger partial charge < -0.3 is 5.32 Å². The van der Waals surface area contributed by atoms with Crippen LogP contribution in [0.2, 0.25) is 0 Å². The molecular formula is C21H19NOS. The van der Waals surface area contributed by atoms with E-state index >= 15 is 0 Å². The van der Waals surface area contributed by atoms with E-state index in [1.807, 2.05) is 54.6 Å². The first-order chi connectivity index (χ1) is 11.8. The lowest BCUT2D eigenvalue weighted by molar-refractivity contribution is -0.111. The first kappa shape index (κ1) is 16.2. The molecule has 3 rings (SSSR count). The summed E-state index contributed by atoms with van der Waals surface area (Å²) < 4.78 is 0. The average Bonchev–Trinajstić information content (AvgIpc) is 3.10. The Labute approximate surface area is 146 Å². The summed E-state index contributed by atoms with van der Waals surface area (Å²) in [7, 11) is 0. The highest BCUT2D eigenvalue weighted by Gasteiger charge is 2.04. The second kappa shape index (κ2) is 7.75. The van der Waals surface area contributed by atoms with E-state index in [2.05, 4.69) is 30.4 Å². The number of amides is 1. The minimum atomic E-state index is -0.106. The molecule has 0 fully saturated rings. The number of benzene rings is 2. The lowest BCUT2D eigenvalue weighted by atomic mass is 10.1. The van der Waals surface area contributed by atoms with Gasteiger partial charge in [0.2, 0.25) is 5.91 Å². The zero-order valence-electron chi connectivity index (χ0n) is 13.5. The van der Waals surface area contributed by atoms with Crippen LogP contribution in [0.1, 0.15) is 17.4 Å². The largest absolute Gasteiger partial charge is 0.322 e. The van der Waals surface area contributed by atoms with Crippen LogP contribution in [0.3, 0.4) is 0 Å². The number of hydrogen-bond donors (Lipinski definition) is 1. The first-order valence-corrected chi connectivity index (χ1v) is 8.80. The molecule has 2 aromatic carbocycles. The lowest BCUT2D eigenvalue weighted by Crippen LogP contribution is -2.09. The molecule has 2 nitrogen and oxygen atoms in total. The molecule has 0 bridgehead atoms. The van der Waals surface area contributed by atoms with Crippen molar-refractivity contribution in [2.24, 2.45) is 0 Å². The highest BCUT2D eigenvalue weighted by atomic mass is 32.1. The van der Waals surface area contributed by atoms with Gasteiger partial charge in [0, 0.05) is 21.5 Å². The molecule has 0 aliphatic carbocycles. The molecule has 0 saturated heterocycles.